The zero-order valence-corrected chi connectivity index (χ0v) is 68.2. The van der Waals surface area contributed by atoms with E-state index >= 15 is 0 Å². The predicted octanol–water partition coefficient (Wildman–Crippen LogP) is 26.1. The maximum Gasteiger partial charge on any atom is 0.311 e. The van der Waals surface area contributed by atoms with Crippen LogP contribution in [-0.2, 0) is 38.0 Å². The van der Waals surface area contributed by atoms with Gasteiger partial charge in [-0.2, -0.15) is 0 Å². The molecular formula is C92H156O8. The first kappa shape index (κ1) is 93.7. The van der Waals surface area contributed by atoms with Crippen molar-refractivity contribution >= 4 is 11.9 Å². The van der Waals surface area contributed by atoms with Gasteiger partial charge in [-0.1, -0.05) is 336 Å². The number of hydrogen-bond donors (Lipinski definition) is 0. The highest BCUT2D eigenvalue weighted by Crippen LogP contribution is 2.39. The molecular weight excluding hydrogens is 1230 g/mol. The van der Waals surface area contributed by atoms with E-state index in [1.807, 2.05) is 172 Å². The third-order valence-electron chi connectivity index (χ3n) is 21.2. The summed E-state index contributed by atoms with van der Waals surface area (Å²) in [5.41, 5.74) is 2.53. The van der Waals surface area contributed by atoms with Gasteiger partial charge in [0.1, 0.15) is 0 Å². The van der Waals surface area contributed by atoms with Crippen molar-refractivity contribution in [3.63, 3.8) is 0 Å². The highest BCUT2D eigenvalue weighted by molar-refractivity contribution is 5.75. The van der Waals surface area contributed by atoms with Crippen molar-refractivity contribution in [2.45, 2.75) is 327 Å². The molecule has 4 aliphatic rings. The Labute approximate surface area is 617 Å². The van der Waals surface area contributed by atoms with Crippen LogP contribution in [0.5, 0.6) is 0 Å². The van der Waals surface area contributed by atoms with Gasteiger partial charge < -0.3 is 28.4 Å². The monoisotopic (exact) mass is 1390 g/mol. The van der Waals surface area contributed by atoms with E-state index in [1.54, 1.807) is 0 Å². The average Bonchev–Trinajstić information content (AvgIpc) is 1.22. The lowest BCUT2D eigenvalue weighted by Gasteiger charge is -2.33. The van der Waals surface area contributed by atoms with Gasteiger partial charge in [-0.25, -0.2) is 0 Å². The molecule has 4 aromatic carbocycles. The molecule has 0 saturated heterocycles. The molecule has 4 aromatic rings. The van der Waals surface area contributed by atoms with Crippen LogP contribution in [0.4, 0.5) is 0 Å². The summed E-state index contributed by atoms with van der Waals surface area (Å²) < 4.78 is 33.9. The molecule has 0 amide bonds. The Morgan fingerprint density at radius 1 is 0.380 bits per heavy atom. The molecule has 8 atom stereocenters. The van der Waals surface area contributed by atoms with Gasteiger partial charge in [0.05, 0.1) is 49.0 Å². The summed E-state index contributed by atoms with van der Waals surface area (Å²) in [5.74, 6) is 4.93. The Balaban J connectivity index is 0.000000614. The second-order valence-electron chi connectivity index (χ2n) is 33.1. The minimum Gasteiger partial charge on any atom is -0.465 e. The number of ether oxygens (including phenoxy) is 6. The quantitative estimate of drug-likeness (QED) is 0.0966. The van der Waals surface area contributed by atoms with Gasteiger partial charge in [0.25, 0.3) is 0 Å². The van der Waals surface area contributed by atoms with Crippen LogP contribution in [0.3, 0.4) is 0 Å². The lowest BCUT2D eigenvalue weighted by atomic mass is 9.76. The molecule has 8 heteroatoms. The van der Waals surface area contributed by atoms with E-state index in [1.165, 1.54) is 127 Å². The summed E-state index contributed by atoms with van der Waals surface area (Å²) in [6.45, 7) is 33.7. The minimum atomic E-state index is -0.390. The van der Waals surface area contributed by atoms with Gasteiger partial charge >= 0.3 is 11.9 Å². The fourth-order valence-corrected chi connectivity index (χ4v) is 14.0. The molecule has 0 bridgehead atoms. The molecule has 8 unspecified atom stereocenters. The second-order valence-corrected chi connectivity index (χ2v) is 33.1. The Bertz CT molecular complexity index is 2240. The molecule has 8 rings (SSSR count). The summed E-state index contributed by atoms with van der Waals surface area (Å²) in [6, 6.07) is 44.5. The third kappa shape index (κ3) is 51.7. The molecule has 8 nitrogen and oxygen atoms in total. The molecule has 0 spiro atoms. The predicted molar refractivity (Wildman–Crippen MR) is 429 cm³/mol. The van der Waals surface area contributed by atoms with Gasteiger partial charge in [-0.15, -0.1) is 0 Å². The molecule has 0 heterocycles. The van der Waals surface area contributed by atoms with E-state index in [0.29, 0.717) is 49.5 Å². The number of hydrogen-bond acceptors (Lipinski definition) is 8. The van der Waals surface area contributed by atoms with Crippen molar-refractivity contribution in [1.82, 2.24) is 0 Å². The highest BCUT2D eigenvalue weighted by Gasteiger charge is 2.32. The first-order chi connectivity index (χ1) is 47.8. The first-order valence-corrected chi connectivity index (χ1v) is 40.3. The van der Waals surface area contributed by atoms with Crippen LogP contribution in [0.15, 0.2) is 133 Å². The molecule has 4 saturated carbocycles. The number of carbonyl (C=O) groups is 2. The topological polar surface area (TPSA) is 89.5 Å². The zero-order valence-electron chi connectivity index (χ0n) is 68.2. The van der Waals surface area contributed by atoms with Crippen LogP contribution in [0, 0.1) is 71.5 Å². The van der Waals surface area contributed by atoms with Crippen molar-refractivity contribution in [1.29, 1.82) is 0 Å². The van der Waals surface area contributed by atoms with E-state index in [9.17, 15) is 9.59 Å². The summed E-state index contributed by atoms with van der Waals surface area (Å²) in [6.07, 6.45) is 40.8. The minimum absolute atomic E-state index is 0.0533. The van der Waals surface area contributed by atoms with E-state index in [-0.39, 0.29) is 34.1 Å². The molecule has 0 N–H and O–H groups in total. The Morgan fingerprint density at radius 2 is 0.620 bits per heavy atom. The van der Waals surface area contributed by atoms with Crippen LogP contribution < -0.4 is 0 Å². The molecule has 0 aliphatic heterocycles. The van der Waals surface area contributed by atoms with Crippen molar-refractivity contribution in [2.75, 3.05) is 41.7 Å². The van der Waals surface area contributed by atoms with Gasteiger partial charge in [0.15, 0.2) is 0 Å². The number of esters is 2. The molecule has 0 aromatic heterocycles. The van der Waals surface area contributed by atoms with E-state index in [0.717, 1.165) is 107 Å². The van der Waals surface area contributed by atoms with Crippen molar-refractivity contribution < 1.29 is 38.0 Å². The molecule has 100 heavy (non-hydrogen) atoms. The van der Waals surface area contributed by atoms with Crippen LogP contribution in [0.25, 0.3) is 0 Å². The summed E-state index contributed by atoms with van der Waals surface area (Å²) in [4.78, 5) is 23.9. The molecule has 4 aliphatic carbocycles. The van der Waals surface area contributed by atoms with Crippen molar-refractivity contribution in [2.24, 2.45) is 57.7 Å². The van der Waals surface area contributed by atoms with Gasteiger partial charge in [-0.3, -0.25) is 9.59 Å². The van der Waals surface area contributed by atoms with Gasteiger partial charge in [0, 0.05) is 28.4 Å². The Morgan fingerprint density at radius 3 is 0.850 bits per heavy atom. The zero-order chi connectivity index (χ0) is 74.3. The van der Waals surface area contributed by atoms with Crippen LogP contribution in [0.2, 0.25) is 0 Å². The number of benzene rings is 4. The largest absolute Gasteiger partial charge is 0.465 e. The molecule has 572 valence electrons. The molecule has 4 fully saturated rings. The van der Waals surface area contributed by atoms with E-state index < -0.39 is 0 Å². The SMILES string of the molecule is CC1CCCCC(C)CCC1.CC1CCCCC(C)CCC1.CCC(C)(C)C(=O)OCCC(C)(C)CC1CC(OC)CCCCC(OC)C1.COC1CCCCC(OC)CC(CC(C)(C)CCOC(=O)C(C)C)C1.Cc1ccccc1.Cc1ccccc1.c1ccccc1.c1ccccc1. The third-order valence-corrected chi connectivity index (χ3v) is 21.2. The number of rotatable bonds is 17. The second kappa shape index (κ2) is 58.0. The van der Waals surface area contributed by atoms with Crippen molar-refractivity contribution in [3.8, 4) is 0 Å². The Kier molecular flexibility index (Phi) is 54.3. The average molecular weight is 1390 g/mol. The van der Waals surface area contributed by atoms with E-state index in [2.05, 4.69) is 93.5 Å². The fourth-order valence-electron chi connectivity index (χ4n) is 14.0. The summed E-state index contributed by atoms with van der Waals surface area (Å²) >= 11 is 0. The van der Waals surface area contributed by atoms with Gasteiger partial charge in [0.2, 0.25) is 0 Å². The summed E-state index contributed by atoms with van der Waals surface area (Å²) in [5, 5.41) is 0. The number of methoxy groups -OCH3 is 4. The van der Waals surface area contributed by atoms with Crippen molar-refractivity contribution in [3.05, 3.63) is 145 Å². The fraction of sp³-hybridized carbons (Fsp3) is 0.717. The number of carbonyl (C=O) groups excluding carboxylic acids is 2. The molecule has 0 radical (unpaired) electrons. The highest BCUT2D eigenvalue weighted by atomic mass is 16.5. The lowest BCUT2D eigenvalue weighted by Crippen LogP contribution is -2.29. The number of aryl methyl sites for hydroxylation is 2. The van der Waals surface area contributed by atoms with E-state index in [4.69, 9.17) is 28.4 Å². The van der Waals surface area contributed by atoms with Crippen LogP contribution in [0.1, 0.15) is 300 Å². The summed E-state index contributed by atoms with van der Waals surface area (Å²) in [7, 11) is 7.36. The maximum atomic E-state index is 12.2. The first-order valence-electron chi connectivity index (χ1n) is 40.3. The Hall–Kier alpha value is -4.34. The van der Waals surface area contributed by atoms with Gasteiger partial charge in [-0.05, 0) is 158 Å². The lowest BCUT2D eigenvalue weighted by molar-refractivity contribution is -0.155. The van der Waals surface area contributed by atoms with Crippen LogP contribution >= 0.6 is 0 Å². The van der Waals surface area contributed by atoms with Crippen LogP contribution in [-0.4, -0.2) is 78.0 Å². The smallest absolute Gasteiger partial charge is 0.311 e. The maximum absolute atomic E-state index is 12.2. The normalized spacial score (nSPS) is 23.3. The standard InChI is InChI=1S/C23H44O4.C21H40O4.2C11H22.2C7H8.2C6H6/c1-8-23(4,5)21(24)27-14-13-22(2,3)17-18-15-19(25-6)11-9-10-12-20(16-18)26-7;1-16(2)20(22)25-12-11-21(3,4)15-17-13-18(23-5)9-7-8-10-19(14-17)24-6;2*1-10-6-3-4-7-11(2)9-5-8-10;2*1-7-5-3-2-4-6-7;2*1-2-4-6-5-3-1/h18-20H,8-17H2,1-7H3;16-19H,7-15H2,1-6H3;2*10-11H,3-9H2,1-2H3;2*2-6H,1H3;2*1-6H.